The molecule has 0 aliphatic heterocycles. The molecule has 24 heavy (non-hydrogen) atoms. The Labute approximate surface area is 144 Å². The maximum Gasteiger partial charge on any atom is 0.573 e. The topological polar surface area (TPSA) is 79.9 Å². The molecule has 2 aromatic rings. The number of aromatic hydroxyl groups is 1. The van der Waals surface area contributed by atoms with Gasteiger partial charge in [0.25, 0.3) is 0 Å². The molecule has 0 atom stereocenters. The number of nitrogens with one attached hydrogen (secondary N) is 1. The van der Waals surface area contributed by atoms with Crippen LogP contribution in [0.15, 0.2) is 51.9 Å². The van der Waals surface area contributed by atoms with E-state index < -0.39 is 6.36 Å². The lowest BCUT2D eigenvalue weighted by Gasteiger charge is -2.10. The first-order valence-corrected chi connectivity index (χ1v) is 7.42. The Morgan fingerprint density at radius 1 is 1.21 bits per heavy atom. The first kappa shape index (κ1) is 17.9. The number of ether oxygens (including phenoxy) is 1. The van der Waals surface area contributed by atoms with Crippen molar-refractivity contribution in [1.82, 2.24) is 0 Å². The Bertz CT molecular complexity index is 734. The molecule has 2 rings (SSSR count). The van der Waals surface area contributed by atoms with Gasteiger partial charge in [0.05, 0.1) is 11.0 Å². The van der Waals surface area contributed by atoms with Gasteiger partial charge >= 0.3 is 6.36 Å². The third-order valence-corrected chi connectivity index (χ3v) is 3.44. The van der Waals surface area contributed by atoms with E-state index in [1.807, 2.05) is 0 Å². The highest BCUT2D eigenvalue weighted by Crippen LogP contribution is 2.25. The molecule has 9 heteroatoms. The van der Waals surface area contributed by atoms with Crippen molar-refractivity contribution in [3.63, 3.8) is 0 Å². The average Bonchev–Trinajstić information content (AvgIpc) is 2.49. The number of nitrogens with zero attached hydrogens (tertiary/aromatic N) is 1. The smallest absolute Gasteiger partial charge is 0.507 e. The lowest BCUT2D eigenvalue weighted by Crippen LogP contribution is -2.22. The van der Waals surface area contributed by atoms with E-state index in [-0.39, 0.29) is 24.0 Å². The number of phenols is 1. The molecule has 0 saturated carbocycles. The molecule has 0 saturated heterocycles. The van der Waals surface area contributed by atoms with Crippen LogP contribution in [0.25, 0.3) is 0 Å². The van der Waals surface area contributed by atoms with Crippen LogP contribution in [-0.2, 0) is 6.54 Å². The summed E-state index contributed by atoms with van der Waals surface area (Å²) in [6, 6.07) is 10.0. The fourth-order valence-electron chi connectivity index (χ4n) is 1.75. The predicted octanol–water partition coefficient (Wildman–Crippen LogP) is 3.98. The fourth-order valence-corrected chi connectivity index (χ4v) is 2.18. The van der Waals surface area contributed by atoms with Crippen molar-refractivity contribution in [3.8, 4) is 11.5 Å². The highest BCUT2D eigenvalue weighted by Gasteiger charge is 2.30. The van der Waals surface area contributed by atoms with E-state index in [4.69, 9.17) is 5.73 Å². The van der Waals surface area contributed by atoms with Gasteiger partial charge in [-0.1, -0.05) is 6.07 Å². The highest BCUT2D eigenvalue weighted by atomic mass is 79.9. The summed E-state index contributed by atoms with van der Waals surface area (Å²) in [6.07, 6.45) is -4.73. The minimum atomic E-state index is -4.73. The second kappa shape index (κ2) is 7.43. The number of anilines is 1. The van der Waals surface area contributed by atoms with Gasteiger partial charge in [-0.2, -0.15) is 0 Å². The monoisotopic (exact) mass is 403 g/mol. The second-order valence-corrected chi connectivity index (χ2v) is 5.54. The minimum Gasteiger partial charge on any atom is -0.507 e. The standard InChI is InChI=1S/C15H13BrF3N3O2/c16-12-7-9(1-6-13(12)23)8-21-14(20)22-10-2-4-11(5-3-10)24-15(17,18)19/h1-7,23H,8H2,(H3,20,21,22). The molecule has 0 amide bonds. The molecular weight excluding hydrogens is 391 g/mol. The van der Waals surface area contributed by atoms with Crippen LogP contribution >= 0.6 is 15.9 Å². The zero-order valence-electron chi connectivity index (χ0n) is 12.1. The summed E-state index contributed by atoms with van der Waals surface area (Å²) < 4.78 is 40.5. The quantitative estimate of drug-likeness (QED) is 0.532. The van der Waals surface area contributed by atoms with Crippen LogP contribution in [0.1, 0.15) is 5.56 Å². The Kier molecular flexibility index (Phi) is 5.55. The first-order valence-electron chi connectivity index (χ1n) is 6.63. The zero-order valence-corrected chi connectivity index (χ0v) is 13.7. The lowest BCUT2D eigenvalue weighted by atomic mass is 10.2. The van der Waals surface area contributed by atoms with Gasteiger partial charge in [-0.3, -0.25) is 0 Å². The Balaban J connectivity index is 1.95. The van der Waals surface area contributed by atoms with E-state index in [1.54, 1.807) is 12.1 Å². The molecule has 4 N–H and O–H groups in total. The number of guanidine groups is 1. The summed E-state index contributed by atoms with van der Waals surface area (Å²) in [6.45, 7) is 0.271. The fraction of sp³-hybridized carbons (Fsp3) is 0.133. The summed E-state index contributed by atoms with van der Waals surface area (Å²) in [5.74, 6) is -0.101. The lowest BCUT2D eigenvalue weighted by molar-refractivity contribution is -0.274. The number of benzene rings is 2. The van der Waals surface area contributed by atoms with Gasteiger partial charge in [-0.05, 0) is 57.9 Å². The normalized spacial score (nSPS) is 12.1. The molecule has 0 aliphatic rings. The van der Waals surface area contributed by atoms with Crippen LogP contribution in [0, 0.1) is 0 Å². The van der Waals surface area contributed by atoms with E-state index in [0.29, 0.717) is 10.2 Å². The summed E-state index contributed by atoms with van der Waals surface area (Å²) >= 11 is 3.20. The molecule has 0 aliphatic carbocycles. The van der Waals surface area contributed by atoms with Gasteiger partial charge < -0.3 is 20.9 Å². The molecule has 0 fully saturated rings. The Morgan fingerprint density at radius 2 is 1.88 bits per heavy atom. The van der Waals surface area contributed by atoms with Crippen molar-refractivity contribution < 1.29 is 23.0 Å². The maximum atomic E-state index is 12.1. The van der Waals surface area contributed by atoms with Gasteiger partial charge in [0.15, 0.2) is 5.96 Å². The number of hydrogen-bond acceptors (Lipinski definition) is 3. The molecule has 0 radical (unpaired) electrons. The molecule has 0 aromatic heterocycles. The minimum absolute atomic E-state index is 0.101. The van der Waals surface area contributed by atoms with Crippen molar-refractivity contribution in [2.24, 2.45) is 10.7 Å². The molecule has 5 nitrogen and oxygen atoms in total. The van der Waals surface area contributed by atoms with Gasteiger partial charge in [0.2, 0.25) is 0 Å². The summed E-state index contributed by atoms with van der Waals surface area (Å²) in [5, 5.41) is 12.2. The zero-order chi connectivity index (χ0) is 17.7. The largest absolute Gasteiger partial charge is 0.573 e. The Morgan fingerprint density at radius 3 is 2.46 bits per heavy atom. The van der Waals surface area contributed by atoms with Gasteiger partial charge in [-0.15, -0.1) is 13.2 Å². The van der Waals surface area contributed by atoms with E-state index in [1.165, 1.54) is 30.3 Å². The van der Waals surface area contributed by atoms with E-state index in [2.05, 4.69) is 31.0 Å². The summed E-state index contributed by atoms with van der Waals surface area (Å²) in [7, 11) is 0. The van der Waals surface area contributed by atoms with E-state index in [9.17, 15) is 18.3 Å². The molecule has 0 unspecified atom stereocenters. The number of aliphatic imine (C=N–C) groups is 1. The number of alkyl halides is 3. The van der Waals surface area contributed by atoms with Crippen LogP contribution in [0.3, 0.4) is 0 Å². The van der Waals surface area contributed by atoms with E-state index in [0.717, 1.165) is 5.56 Å². The third kappa shape index (κ3) is 5.65. The third-order valence-electron chi connectivity index (χ3n) is 2.80. The van der Waals surface area contributed by atoms with Gasteiger partial charge in [0, 0.05) is 5.69 Å². The van der Waals surface area contributed by atoms with Gasteiger partial charge in [-0.25, -0.2) is 4.99 Å². The Hall–Kier alpha value is -2.42. The maximum absolute atomic E-state index is 12.1. The van der Waals surface area contributed by atoms with Crippen LogP contribution in [0.5, 0.6) is 11.5 Å². The average molecular weight is 404 g/mol. The number of hydrogen-bond donors (Lipinski definition) is 3. The molecule has 0 spiro atoms. The van der Waals surface area contributed by atoms with Crippen molar-refractivity contribution in [2.45, 2.75) is 12.9 Å². The number of halogens is 4. The van der Waals surface area contributed by atoms with Crippen molar-refractivity contribution >= 4 is 27.6 Å². The van der Waals surface area contributed by atoms with Gasteiger partial charge in [0.1, 0.15) is 11.5 Å². The summed E-state index contributed by atoms with van der Waals surface area (Å²) in [5.41, 5.74) is 7.02. The SMILES string of the molecule is NC(=NCc1ccc(O)c(Br)c1)Nc1ccc(OC(F)(F)F)cc1. The van der Waals surface area contributed by atoms with E-state index >= 15 is 0 Å². The summed E-state index contributed by atoms with van der Waals surface area (Å²) in [4.78, 5) is 4.11. The predicted molar refractivity (Wildman–Crippen MR) is 87.9 cm³/mol. The molecule has 0 bridgehead atoms. The molecule has 128 valence electrons. The van der Waals surface area contributed by atoms with Crippen molar-refractivity contribution in [1.29, 1.82) is 0 Å². The number of nitrogens with two attached hydrogens (primary N) is 1. The first-order chi connectivity index (χ1) is 11.2. The van der Waals surface area contributed by atoms with Crippen LogP contribution in [-0.4, -0.2) is 17.4 Å². The second-order valence-electron chi connectivity index (χ2n) is 4.68. The van der Waals surface area contributed by atoms with Crippen LogP contribution in [0.2, 0.25) is 0 Å². The van der Waals surface area contributed by atoms with Crippen LogP contribution in [0.4, 0.5) is 18.9 Å². The molecule has 0 heterocycles. The molecular formula is C15H13BrF3N3O2. The molecule has 2 aromatic carbocycles. The van der Waals surface area contributed by atoms with Crippen molar-refractivity contribution in [2.75, 3.05) is 5.32 Å². The number of phenolic OH excluding ortho intramolecular Hbond substituents is 1. The number of rotatable bonds is 4. The highest BCUT2D eigenvalue weighted by molar-refractivity contribution is 9.10. The van der Waals surface area contributed by atoms with Crippen LogP contribution < -0.4 is 15.8 Å². The van der Waals surface area contributed by atoms with Crippen molar-refractivity contribution in [3.05, 3.63) is 52.5 Å².